The van der Waals surface area contributed by atoms with E-state index in [9.17, 15) is 9.59 Å². The lowest BCUT2D eigenvalue weighted by Crippen LogP contribution is -2.11. The van der Waals surface area contributed by atoms with Crippen LogP contribution >= 0.6 is 0 Å². The molecule has 4 N–H and O–H groups in total. The van der Waals surface area contributed by atoms with Crippen molar-refractivity contribution in [1.29, 1.82) is 0 Å². The molecule has 0 aliphatic heterocycles. The summed E-state index contributed by atoms with van der Waals surface area (Å²) in [7, 11) is 0. The number of para-hydroxylation sites is 1. The van der Waals surface area contributed by atoms with Gasteiger partial charge in [-0.05, 0) is 43.2 Å². The zero-order chi connectivity index (χ0) is 17.9. The molecule has 0 spiro atoms. The van der Waals surface area contributed by atoms with Gasteiger partial charge in [0.05, 0.1) is 0 Å². The van der Waals surface area contributed by atoms with Gasteiger partial charge in [-0.3, -0.25) is 9.59 Å². The van der Waals surface area contributed by atoms with Gasteiger partial charge in [-0.2, -0.15) is 0 Å². The summed E-state index contributed by atoms with van der Waals surface area (Å²) in [6.45, 7) is 0. The number of nitrogens with two attached hydrogens (primary N) is 1. The van der Waals surface area contributed by atoms with Crippen LogP contribution in [0, 0.1) is 0 Å². The van der Waals surface area contributed by atoms with Crippen molar-refractivity contribution in [3.63, 3.8) is 0 Å². The zero-order valence-corrected chi connectivity index (χ0v) is 14.3. The van der Waals surface area contributed by atoms with E-state index in [-0.39, 0.29) is 11.8 Å². The Morgan fingerprint density at radius 1 is 0.720 bits per heavy atom. The van der Waals surface area contributed by atoms with E-state index >= 15 is 0 Å². The van der Waals surface area contributed by atoms with E-state index in [0.29, 0.717) is 18.5 Å². The first-order chi connectivity index (χ1) is 12.1. The Kier molecular flexibility index (Phi) is 7.50. The topological polar surface area (TPSA) is 84.2 Å². The van der Waals surface area contributed by atoms with E-state index in [1.54, 1.807) is 12.1 Å². The van der Waals surface area contributed by atoms with E-state index < -0.39 is 0 Å². The Bertz CT molecular complexity index is 686. The Labute approximate surface area is 148 Å². The average Bonchev–Trinajstić information content (AvgIpc) is 2.59. The molecule has 5 nitrogen and oxygen atoms in total. The second-order valence-electron chi connectivity index (χ2n) is 6.00. The van der Waals surface area contributed by atoms with Crippen molar-refractivity contribution in [2.45, 2.75) is 38.5 Å². The zero-order valence-electron chi connectivity index (χ0n) is 14.3. The molecule has 25 heavy (non-hydrogen) atoms. The first kappa shape index (κ1) is 18.5. The number of amides is 2. The molecule has 2 aromatic carbocycles. The number of carbonyl (C=O) groups is 2. The molecular weight excluding hydrogens is 314 g/mol. The molecule has 2 rings (SSSR count). The standard InChI is InChI=1S/C20H25N3O2/c21-16-9-8-12-18(15-16)23-20(25)14-7-2-1-6-13-19(24)22-17-10-4-3-5-11-17/h3-5,8-12,15H,1-2,6-7,13-14,21H2,(H,22,24)(H,23,25). The third-order valence-corrected chi connectivity index (χ3v) is 3.79. The maximum Gasteiger partial charge on any atom is 0.224 e. The summed E-state index contributed by atoms with van der Waals surface area (Å²) in [5, 5.41) is 5.71. The van der Waals surface area contributed by atoms with Gasteiger partial charge >= 0.3 is 0 Å². The predicted octanol–water partition coefficient (Wildman–Crippen LogP) is 4.19. The van der Waals surface area contributed by atoms with Crippen molar-refractivity contribution in [3.8, 4) is 0 Å². The van der Waals surface area contributed by atoms with Gasteiger partial charge in [0.25, 0.3) is 0 Å². The van der Waals surface area contributed by atoms with Crippen LogP contribution in [0.5, 0.6) is 0 Å². The molecule has 0 saturated carbocycles. The maximum absolute atomic E-state index is 11.9. The highest BCUT2D eigenvalue weighted by Gasteiger charge is 2.04. The van der Waals surface area contributed by atoms with E-state index in [2.05, 4.69) is 10.6 Å². The van der Waals surface area contributed by atoms with E-state index in [4.69, 9.17) is 5.73 Å². The van der Waals surface area contributed by atoms with Crippen molar-refractivity contribution < 1.29 is 9.59 Å². The number of hydrogen-bond donors (Lipinski definition) is 3. The molecule has 0 radical (unpaired) electrons. The molecule has 2 aromatic rings. The lowest BCUT2D eigenvalue weighted by molar-refractivity contribution is -0.117. The van der Waals surface area contributed by atoms with Gasteiger partial charge in [-0.25, -0.2) is 0 Å². The molecule has 0 saturated heterocycles. The minimum Gasteiger partial charge on any atom is -0.399 e. The highest BCUT2D eigenvalue weighted by atomic mass is 16.2. The van der Waals surface area contributed by atoms with Gasteiger partial charge in [-0.1, -0.05) is 37.1 Å². The van der Waals surface area contributed by atoms with Crippen LogP contribution in [-0.4, -0.2) is 11.8 Å². The van der Waals surface area contributed by atoms with Crippen molar-refractivity contribution in [2.24, 2.45) is 0 Å². The minimum absolute atomic E-state index is 0.00702. The summed E-state index contributed by atoms with van der Waals surface area (Å²) in [5.41, 5.74) is 7.86. The number of carbonyl (C=O) groups excluding carboxylic acids is 2. The molecule has 0 unspecified atom stereocenters. The Balaban J connectivity index is 1.53. The fraction of sp³-hybridized carbons (Fsp3) is 0.300. The number of anilines is 3. The van der Waals surface area contributed by atoms with Crippen LogP contribution < -0.4 is 16.4 Å². The normalized spacial score (nSPS) is 10.2. The fourth-order valence-corrected chi connectivity index (χ4v) is 2.51. The van der Waals surface area contributed by atoms with Crippen LogP contribution in [-0.2, 0) is 9.59 Å². The maximum atomic E-state index is 11.9. The van der Waals surface area contributed by atoms with Crippen LogP contribution in [0.25, 0.3) is 0 Å². The van der Waals surface area contributed by atoms with Crippen LogP contribution in [0.15, 0.2) is 54.6 Å². The molecule has 0 aliphatic carbocycles. The van der Waals surface area contributed by atoms with Crippen LogP contribution in [0.4, 0.5) is 17.1 Å². The molecule has 5 heteroatoms. The van der Waals surface area contributed by atoms with E-state index in [0.717, 1.165) is 37.1 Å². The summed E-state index contributed by atoms with van der Waals surface area (Å²) in [5.74, 6) is 0.0260. The molecule has 0 atom stereocenters. The Hall–Kier alpha value is -2.82. The highest BCUT2D eigenvalue weighted by molar-refractivity contribution is 5.91. The number of rotatable bonds is 9. The Morgan fingerprint density at radius 2 is 1.28 bits per heavy atom. The van der Waals surface area contributed by atoms with E-state index in [1.807, 2.05) is 42.5 Å². The minimum atomic E-state index is -0.00702. The van der Waals surface area contributed by atoms with Gasteiger partial charge in [0.1, 0.15) is 0 Å². The Morgan fingerprint density at radius 3 is 1.88 bits per heavy atom. The number of hydrogen-bond acceptors (Lipinski definition) is 3. The van der Waals surface area contributed by atoms with Crippen molar-refractivity contribution in [1.82, 2.24) is 0 Å². The van der Waals surface area contributed by atoms with Gasteiger partial charge in [-0.15, -0.1) is 0 Å². The molecule has 132 valence electrons. The highest BCUT2D eigenvalue weighted by Crippen LogP contribution is 2.13. The summed E-state index contributed by atoms with van der Waals surface area (Å²) in [6.07, 6.45) is 4.50. The van der Waals surface area contributed by atoms with Gasteiger partial charge < -0.3 is 16.4 Å². The molecule has 0 fully saturated rings. The largest absolute Gasteiger partial charge is 0.399 e. The summed E-state index contributed by atoms with van der Waals surface area (Å²) in [6, 6.07) is 16.6. The van der Waals surface area contributed by atoms with Gasteiger partial charge in [0.15, 0.2) is 0 Å². The first-order valence-electron chi connectivity index (χ1n) is 8.64. The summed E-state index contributed by atoms with van der Waals surface area (Å²) in [4.78, 5) is 23.7. The third kappa shape index (κ3) is 7.52. The quantitative estimate of drug-likeness (QED) is 0.473. The third-order valence-electron chi connectivity index (χ3n) is 3.79. The smallest absolute Gasteiger partial charge is 0.224 e. The summed E-state index contributed by atoms with van der Waals surface area (Å²) >= 11 is 0. The molecular formula is C20H25N3O2. The average molecular weight is 339 g/mol. The van der Waals surface area contributed by atoms with Crippen molar-refractivity contribution >= 4 is 28.9 Å². The van der Waals surface area contributed by atoms with Crippen molar-refractivity contribution in [3.05, 3.63) is 54.6 Å². The molecule has 0 aromatic heterocycles. The molecule has 0 heterocycles. The number of nitrogen functional groups attached to an aromatic ring is 1. The molecule has 2 amide bonds. The fourth-order valence-electron chi connectivity index (χ4n) is 2.51. The van der Waals surface area contributed by atoms with Crippen molar-refractivity contribution in [2.75, 3.05) is 16.4 Å². The number of unbranched alkanes of at least 4 members (excludes halogenated alkanes) is 3. The number of benzene rings is 2. The second-order valence-corrected chi connectivity index (χ2v) is 6.00. The monoisotopic (exact) mass is 339 g/mol. The second kappa shape index (κ2) is 10.1. The van der Waals surface area contributed by atoms with Crippen LogP contribution in [0.1, 0.15) is 38.5 Å². The number of nitrogens with one attached hydrogen (secondary N) is 2. The van der Waals surface area contributed by atoms with E-state index in [1.165, 1.54) is 0 Å². The lowest BCUT2D eigenvalue weighted by atomic mass is 10.1. The first-order valence-corrected chi connectivity index (χ1v) is 8.64. The lowest BCUT2D eigenvalue weighted by Gasteiger charge is -2.06. The SMILES string of the molecule is Nc1cccc(NC(=O)CCCCCCC(=O)Nc2ccccc2)c1. The summed E-state index contributed by atoms with van der Waals surface area (Å²) < 4.78 is 0. The van der Waals surface area contributed by atoms with Gasteiger partial charge in [0.2, 0.25) is 11.8 Å². The van der Waals surface area contributed by atoms with Gasteiger partial charge in [0, 0.05) is 29.9 Å². The predicted molar refractivity (Wildman–Crippen MR) is 102 cm³/mol. The molecule has 0 aliphatic rings. The van der Waals surface area contributed by atoms with Crippen LogP contribution in [0.3, 0.4) is 0 Å². The molecule has 0 bridgehead atoms. The van der Waals surface area contributed by atoms with Crippen LogP contribution in [0.2, 0.25) is 0 Å².